The van der Waals surface area contributed by atoms with Crippen molar-refractivity contribution in [1.29, 1.82) is 5.26 Å². The predicted octanol–water partition coefficient (Wildman–Crippen LogP) is 3.76. The highest BCUT2D eigenvalue weighted by Gasteiger charge is 2.33. The van der Waals surface area contributed by atoms with Gasteiger partial charge in [0.15, 0.2) is 11.5 Å². The fraction of sp³-hybridized carbons (Fsp3) is 0.200. The molecule has 1 aromatic heterocycles. The average Bonchev–Trinajstić information content (AvgIpc) is 2.87. The van der Waals surface area contributed by atoms with Gasteiger partial charge in [0.1, 0.15) is 22.5 Å². The molecule has 0 saturated carbocycles. The quantitative estimate of drug-likeness (QED) is 0.426. The second-order valence-corrected chi connectivity index (χ2v) is 8.66. The van der Waals surface area contributed by atoms with Crippen molar-refractivity contribution in [2.75, 3.05) is 36.3 Å². The van der Waals surface area contributed by atoms with Crippen LogP contribution in [0.5, 0.6) is 11.5 Å². The molecule has 178 valence electrons. The summed E-state index contributed by atoms with van der Waals surface area (Å²) in [6.07, 6.45) is 0.130. The summed E-state index contributed by atoms with van der Waals surface area (Å²) < 4.78 is 10.7. The number of aromatic nitrogens is 1. The molecule has 0 aliphatic carbocycles. The number of benzene rings is 2. The number of nitrogens with two attached hydrogens (primary N) is 1. The number of amides is 2. The van der Waals surface area contributed by atoms with Crippen LogP contribution >= 0.6 is 11.8 Å². The number of methoxy groups -OCH3 is 2. The van der Waals surface area contributed by atoms with E-state index in [2.05, 4.69) is 21.7 Å². The highest BCUT2D eigenvalue weighted by molar-refractivity contribution is 8.00. The zero-order chi connectivity index (χ0) is 24.9. The first kappa shape index (κ1) is 23.9. The second-order valence-electron chi connectivity index (χ2n) is 7.70. The minimum absolute atomic E-state index is 0.0157. The lowest BCUT2D eigenvalue weighted by molar-refractivity contribution is -0.116. The second kappa shape index (κ2) is 10.4. The van der Waals surface area contributed by atoms with Gasteiger partial charge >= 0.3 is 0 Å². The van der Waals surface area contributed by atoms with Gasteiger partial charge in [-0.25, -0.2) is 4.98 Å². The third kappa shape index (κ3) is 5.00. The molecule has 4 N–H and O–H groups in total. The minimum atomic E-state index is -0.432. The van der Waals surface area contributed by atoms with Crippen molar-refractivity contribution in [2.24, 2.45) is 0 Å². The van der Waals surface area contributed by atoms with Crippen molar-refractivity contribution < 1.29 is 19.1 Å². The lowest BCUT2D eigenvalue weighted by atomic mass is 9.84. The number of thioether (sulfide) groups is 1. The SMILES string of the molecule is COc1ccc(C2CC(=O)Nc3c(C#N)c(SCC(=O)Nc4ccccc4)nc(N)c32)cc1OC. The van der Waals surface area contributed by atoms with Crippen LogP contribution in [0.2, 0.25) is 0 Å². The van der Waals surface area contributed by atoms with Crippen molar-refractivity contribution in [3.8, 4) is 17.6 Å². The van der Waals surface area contributed by atoms with Gasteiger partial charge in [0.05, 0.1) is 25.7 Å². The fourth-order valence-electron chi connectivity index (χ4n) is 3.97. The Hall–Kier alpha value is -4.23. The largest absolute Gasteiger partial charge is 0.493 e. The lowest BCUT2D eigenvalue weighted by Crippen LogP contribution is -2.26. The number of ether oxygens (including phenoxy) is 2. The van der Waals surface area contributed by atoms with E-state index in [1.807, 2.05) is 24.3 Å². The molecule has 10 heteroatoms. The third-order valence-corrected chi connectivity index (χ3v) is 6.53. The van der Waals surface area contributed by atoms with Gasteiger partial charge in [0.25, 0.3) is 0 Å². The maximum absolute atomic E-state index is 12.6. The predicted molar refractivity (Wildman–Crippen MR) is 134 cm³/mol. The first-order valence-corrected chi connectivity index (χ1v) is 11.7. The normalized spacial score (nSPS) is 14.3. The van der Waals surface area contributed by atoms with E-state index in [-0.39, 0.29) is 40.4 Å². The number of nitrogens with one attached hydrogen (secondary N) is 2. The number of para-hydroxylation sites is 1. The molecule has 0 fully saturated rings. The van der Waals surface area contributed by atoms with Crippen molar-refractivity contribution in [1.82, 2.24) is 4.98 Å². The molecule has 0 spiro atoms. The molecule has 0 saturated heterocycles. The standard InChI is InChI=1S/C25H23N5O4S/c1-33-18-9-8-14(10-19(18)34-2)16-11-20(31)29-23-17(12-26)25(30-24(27)22(16)23)35-13-21(32)28-15-6-4-3-5-7-15/h3-10,16H,11,13H2,1-2H3,(H2,27,30)(H,28,32)(H,29,31). The zero-order valence-electron chi connectivity index (χ0n) is 19.1. The molecule has 0 radical (unpaired) electrons. The highest BCUT2D eigenvalue weighted by Crippen LogP contribution is 2.45. The van der Waals surface area contributed by atoms with Gasteiger partial charge in [-0.2, -0.15) is 5.26 Å². The van der Waals surface area contributed by atoms with E-state index in [1.165, 1.54) is 7.11 Å². The smallest absolute Gasteiger partial charge is 0.234 e. The summed E-state index contributed by atoms with van der Waals surface area (Å²) in [6, 6.07) is 16.6. The monoisotopic (exact) mass is 489 g/mol. The van der Waals surface area contributed by atoms with Crippen LogP contribution in [0.15, 0.2) is 53.6 Å². The summed E-state index contributed by atoms with van der Waals surface area (Å²) in [7, 11) is 3.08. The summed E-state index contributed by atoms with van der Waals surface area (Å²) in [5, 5.41) is 15.8. The molecule has 2 amide bonds. The minimum Gasteiger partial charge on any atom is -0.493 e. The van der Waals surface area contributed by atoms with Crippen LogP contribution in [-0.4, -0.2) is 36.8 Å². The van der Waals surface area contributed by atoms with E-state index in [9.17, 15) is 14.9 Å². The van der Waals surface area contributed by atoms with Crippen molar-refractivity contribution in [2.45, 2.75) is 17.4 Å². The molecule has 35 heavy (non-hydrogen) atoms. The molecule has 1 aliphatic rings. The summed E-state index contributed by atoms with van der Waals surface area (Å²) in [6.45, 7) is 0. The Morgan fingerprint density at radius 2 is 1.97 bits per heavy atom. The zero-order valence-corrected chi connectivity index (χ0v) is 19.9. The Labute approximate surface area is 206 Å². The number of nitrogens with zero attached hydrogens (tertiary/aromatic N) is 2. The van der Waals surface area contributed by atoms with Crippen LogP contribution < -0.4 is 25.8 Å². The lowest BCUT2D eigenvalue weighted by Gasteiger charge is -2.28. The van der Waals surface area contributed by atoms with Crippen LogP contribution in [0.25, 0.3) is 0 Å². The molecule has 0 bridgehead atoms. The molecule has 1 atom stereocenters. The van der Waals surface area contributed by atoms with E-state index >= 15 is 0 Å². The average molecular weight is 490 g/mol. The fourth-order valence-corrected chi connectivity index (χ4v) is 4.77. The van der Waals surface area contributed by atoms with E-state index in [0.717, 1.165) is 17.3 Å². The number of anilines is 3. The molecule has 2 aromatic carbocycles. The summed E-state index contributed by atoms with van der Waals surface area (Å²) in [4.78, 5) is 29.5. The third-order valence-electron chi connectivity index (χ3n) is 5.55. The molecule has 1 aliphatic heterocycles. The van der Waals surface area contributed by atoms with Crippen molar-refractivity contribution in [3.05, 3.63) is 65.2 Å². The van der Waals surface area contributed by atoms with Crippen LogP contribution in [0.3, 0.4) is 0 Å². The Morgan fingerprint density at radius 3 is 2.66 bits per heavy atom. The Kier molecular flexibility index (Phi) is 7.08. The number of carbonyl (C=O) groups is 2. The maximum atomic E-state index is 12.6. The Bertz CT molecular complexity index is 1320. The molecule has 1 unspecified atom stereocenters. The number of rotatable bonds is 7. The molecule has 3 aromatic rings. The number of pyridine rings is 1. The van der Waals surface area contributed by atoms with E-state index in [0.29, 0.717) is 28.4 Å². The molecule has 2 heterocycles. The number of hydrogen-bond acceptors (Lipinski definition) is 8. The first-order chi connectivity index (χ1) is 16.9. The number of carbonyl (C=O) groups excluding carboxylic acids is 2. The van der Waals surface area contributed by atoms with Gasteiger partial charge in [-0.05, 0) is 29.8 Å². The van der Waals surface area contributed by atoms with Crippen LogP contribution in [0.1, 0.15) is 29.0 Å². The van der Waals surface area contributed by atoms with Crippen LogP contribution in [-0.2, 0) is 9.59 Å². The number of nitrogen functional groups attached to an aromatic ring is 1. The number of hydrogen-bond donors (Lipinski definition) is 3. The van der Waals surface area contributed by atoms with Crippen molar-refractivity contribution >= 4 is 40.8 Å². The van der Waals surface area contributed by atoms with Crippen molar-refractivity contribution in [3.63, 3.8) is 0 Å². The van der Waals surface area contributed by atoms with Gasteiger partial charge < -0.3 is 25.8 Å². The summed E-state index contributed by atoms with van der Waals surface area (Å²) in [5.41, 5.74) is 8.85. The Morgan fingerprint density at radius 1 is 1.23 bits per heavy atom. The molecule has 9 nitrogen and oxygen atoms in total. The maximum Gasteiger partial charge on any atom is 0.234 e. The molecule has 4 rings (SSSR count). The van der Waals surface area contributed by atoms with E-state index < -0.39 is 5.92 Å². The molecular weight excluding hydrogens is 466 g/mol. The highest BCUT2D eigenvalue weighted by atomic mass is 32.2. The number of fused-ring (bicyclic) bond motifs is 1. The van der Waals surface area contributed by atoms with Gasteiger partial charge in [-0.15, -0.1) is 0 Å². The Balaban J connectivity index is 1.66. The van der Waals surface area contributed by atoms with Gasteiger partial charge in [0, 0.05) is 23.6 Å². The van der Waals surface area contributed by atoms with E-state index in [4.69, 9.17) is 15.2 Å². The first-order valence-electron chi connectivity index (χ1n) is 10.7. The van der Waals surface area contributed by atoms with Gasteiger partial charge in [-0.3, -0.25) is 9.59 Å². The van der Waals surface area contributed by atoms with Crippen LogP contribution in [0, 0.1) is 11.3 Å². The summed E-state index contributed by atoms with van der Waals surface area (Å²) >= 11 is 1.08. The molecular formula is C25H23N5O4S. The van der Waals surface area contributed by atoms with Gasteiger partial charge in [-0.1, -0.05) is 36.0 Å². The summed E-state index contributed by atoms with van der Waals surface area (Å²) in [5.74, 6) is 0.333. The van der Waals surface area contributed by atoms with Gasteiger partial charge in [0.2, 0.25) is 11.8 Å². The van der Waals surface area contributed by atoms with E-state index in [1.54, 1.807) is 31.4 Å². The topological polar surface area (TPSA) is 139 Å². The van der Waals surface area contributed by atoms with Crippen LogP contribution in [0.4, 0.5) is 17.2 Å². The number of nitriles is 1.